The molecule has 1 aliphatic rings. The van der Waals surface area contributed by atoms with Crippen molar-refractivity contribution in [1.82, 2.24) is 4.90 Å². The van der Waals surface area contributed by atoms with Crippen LogP contribution in [0.5, 0.6) is 0 Å². The average Bonchev–Trinajstić information content (AvgIpc) is 2.90. The van der Waals surface area contributed by atoms with Crippen LogP contribution in [0.3, 0.4) is 0 Å². The number of anilines is 1. The fraction of sp³-hybridized carbons (Fsp3) is 0.556. The van der Waals surface area contributed by atoms with Gasteiger partial charge in [0.2, 0.25) is 5.91 Å². The van der Waals surface area contributed by atoms with Crippen molar-refractivity contribution in [1.29, 1.82) is 0 Å². The van der Waals surface area contributed by atoms with Crippen molar-refractivity contribution in [2.24, 2.45) is 5.92 Å². The van der Waals surface area contributed by atoms with E-state index in [9.17, 15) is 14.7 Å². The molecule has 1 aliphatic heterocycles. The standard InChI is InChI=1S/C18H25IN2O4/c1-10(2)9-25-18(24)21-8-14(22)7-15(21)17(23)20-16-11(3)5-13(19)6-12(16)4/h5-6,10,14-15,22H,7-9H2,1-4H3,(H,20,23)/t14-,15+/m0/s1. The molecule has 25 heavy (non-hydrogen) atoms. The summed E-state index contributed by atoms with van der Waals surface area (Å²) in [6.07, 6.45) is -1.06. The largest absolute Gasteiger partial charge is 0.449 e. The molecule has 6 nitrogen and oxygen atoms in total. The van der Waals surface area contributed by atoms with Crippen LogP contribution < -0.4 is 5.32 Å². The number of aliphatic hydroxyl groups is 1. The van der Waals surface area contributed by atoms with E-state index in [1.54, 1.807) is 0 Å². The summed E-state index contributed by atoms with van der Waals surface area (Å²) >= 11 is 2.23. The van der Waals surface area contributed by atoms with E-state index in [4.69, 9.17) is 4.74 Å². The maximum Gasteiger partial charge on any atom is 0.410 e. The predicted octanol–water partition coefficient (Wildman–Crippen LogP) is 3.07. The number of nitrogens with one attached hydrogen (secondary N) is 1. The number of aryl methyl sites for hydroxylation is 2. The van der Waals surface area contributed by atoms with Gasteiger partial charge in [-0.25, -0.2) is 4.79 Å². The molecular weight excluding hydrogens is 435 g/mol. The van der Waals surface area contributed by atoms with Crippen molar-refractivity contribution in [2.75, 3.05) is 18.5 Å². The molecule has 0 unspecified atom stereocenters. The Morgan fingerprint density at radius 3 is 2.52 bits per heavy atom. The minimum absolute atomic E-state index is 0.111. The predicted molar refractivity (Wildman–Crippen MR) is 105 cm³/mol. The van der Waals surface area contributed by atoms with E-state index in [0.717, 1.165) is 20.4 Å². The molecule has 0 bridgehead atoms. The lowest BCUT2D eigenvalue weighted by atomic mass is 10.1. The number of aliphatic hydroxyl groups excluding tert-OH is 1. The monoisotopic (exact) mass is 460 g/mol. The van der Waals surface area contributed by atoms with Crippen LogP contribution in [0, 0.1) is 23.3 Å². The Hall–Kier alpha value is -1.35. The van der Waals surface area contributed by atoms with E-state index < -0.39 is 18.2 Å². The number of benzene rings is 1. The highest BCUT2D eigenvalue weighted by Crippen LogP contribution is 2.26. The van der Waals surface area contributed by atoms with E-state index in [1.165, 1.54) is 4.90 Å². The summed E-state index contributed by atoms with van der Waals surface area (Å²) in [6, 6.07) is 3.25. The average molecular weight is 460 g/mol. The van der Waals surface area contributed by atoms with Crippen LogP contribution in [0.1, 0.15) is 31.4 Å². The number of carbonyl (C=O) groups is 2. The summed E-state index contributed by atoms with van der Waals surface area (Å²) in [5.41, 5.74) is 2.68. The summed E-state index contributed by atoms with van der Waals surface area (Å²) in [6.45, 7) is 8.15. The Morgan fingerprint density at radius 2 is 1.96 bits per heavy atom. The number of likely N-dealkylation sites (tertiary alicyclic amines) is 1. The van der Waals surface area contributed by atoms with Crippen LogP contribution in [-0.2, 0) is 9.53 Å². The number of nitrogens with zero attached hydrogens (tertiary/aromatic N) is 1. The van der Waals surface area contributed by atoms with Crippen LogP contribution in [0.2, 0.25) is 0 Å². The second-order valence-electron chi connectivity index (χ2n) is 6.93. The molecular formula is C18H25IN2O4. The number of halogens is 1. The summed E-state index contributed by atoms with van der Waals surface area (Å²) in [4.78, 5) is 26.3. The summed E-state index contributed by atoms with van der Waals surface area (Å²) in [5, 5.41) is 12.8. The minimum Gasteiger partial charge on any atom is -0.449 e. The third-order valence-electron chi connectivity index (χ3n) is 4.10. The maximum absolute atomic E-state index is 12.7. The Labute approximate surface area is 162 Å². The third kappa shape index (κ3) is 5.07. The lowest BCUT2D eigenvalue weighted by Crippen LogP contribution is -2.44. The lowest BCUT2D eigenvalue weighted by Gasteiger charge is -2.24. The van der Waals surface area contributed by atoms with Gasteiger partial charge in [-0.2, -0.15) is 0 Å². The fourth-order valence-corrected chi connectivity index (χ4v) is 3.83. The highest BCUT2D eigenvalue weighted by Gasteiger charge is 2.40. The molecule has 1 aromatic rings. The first-order valence-corrected chi connectivity index (χ1v) is 9.46. The molecule has 0 aliphatic carbocycles. The Bertz CT molecular complexity index is 639. The van der Waals surface area contributed by atoms with Crippen LogP contribution in [0.4, 0.5) is 10.5 Å². The molecule has 2 N–H and O–H groups in total. The molecule has 2 atom stereocenters. The van der Waals surface area contributed by atoms with Crippen molar-refractivity contribution in [3.8, 4) is 0 Å². The van der Waals surface area contributed by atoms with E-state index in [1.807, 2.05) is 39.8 Å². The third-order valence-corrected chi connectivity index (χ3v) is 4.72. The van der Waals surface area contributed by atoms with Crippen molar-refractivity contribution in [2.45, 2.75) is 46.3 Å². The minimum atomic E-state index is -0.729. The molecule has 1 heterocycles. The van der Waals surface area contributed by atoms with Gasteiger partial charge in [0.1, 0.15) is 6.04 Å². The van der Waals surface area contributed by atoms with Crippen molar-refractivity contribution >= 4 is 40.3 Å². The van der Waals surface area contributed by atoms with Gasteiger partial charge >= 0.3 is 6.09 Å². The number of ether oxygens (including phenoxy) is 1. The molecule has 0 saturated carbocycles. The molecule has 2 rings (SSSR count). The highest BCUT2D eigenvalue weighted by molar-refractivity contribution is 14.1. The zero-order chi connectivity index (χ0) is 18.7. The molecule has 0 radical (unpaired) electrons. The number of carbonyl (C=O) groups excluding carboxylic acids is 2. The normalized spacial score (nSPS) is 20.0. The molecule has 0 aromatic heterocycles. The van der Waals surface area contributed by atoms with E-state index in [0.29, 0.717) is 0 Å². The first kappa shape index (κ1) is 20.0. The van der Waals surface area contributed by atoms with Gasteiger partial charge in [0.25, 0.3) is 0 Å². The van der Waals surface area contributed by atoms with Gasteiger partial charge in [-0.1, -0.05) is 13.8 Å². The first-order chi connectivity index (χ1) is 11.7. The Balaban J connectivity index is 2.12. The Morgan fingerprint density at radius 1 is 1.36 bits per heavy atom. The highest BCUT2D eigenvalue weighted by atomic mass is 127. The number of rotatable bonds is 4. The van der Waals surface area contributed by atoms with Crippen molar-refractivity contribution in [3.63, 3.8) is 0 Å². The second-order valence-corrected chi connectivity index (χ2v) is 8.18. The smallest absolute Gasteiger partial charge is 0.410 e. The van der Waals surface area contributed by atoms with Gasteiger partial charge < -0.3 is 15.2 Å². The van der Waals surface area contributed by atoms with Crippen molar-refractivity contribution < 1.29 is 19.4 Å². The SMILES string of the molecule is Cc1cc(I)cc(C)c1NC(=O)[C@H]1C[C@H](O)CN1C(=O)OCC(C)C. The molecule has 2 amide bonds. The van der Waals surface area contributed by atoms with Crippen LogP contribution in [0.25, 0.3) is 0 Å². The summed E-state index contributed by atoms with van der Waals surface area (Å²) in [7, 11) is 0. The van der Waals surface area contributed by atoms with Crippen molar-refractivity contribution in [3.05, 3.63) is 26.8 Å². The van der Waals surface area contributed by atoms with Gasteiger partial charge in [-0.15, -0.1) is 0 Å². The van der Waals surface area contributed by atoms with Gasteiger partial charge in [-0.05, 0) is 65.6 Å². The van der Waals surface area contributed by atoms with Gasteiger partial charge in [0.05, 0.1) is 19.3 Å². The molecule has 1 aromatic carbocycles. The molecule has 1 saturated heterocycles. The van der Waals surface area contributed by atoms with E-state index >= 15 is 0 Å². The lowest BCUT2D eigenvalue weighted by molar-refractivity contribution is -0.120. The molecule has 0 spiro atoms. The van der Waals surface area contributed by atoms with Gasteiger partial charge in [0.15, 0.2) is 0 Å². The molecule has 138 valence electrons. The zero-order valence-electron chi connectivity index (χ0n) is 15.0. The van der Waals surface area contributed by atoms with Gasteiger partial charge in [0, 0.05) is 15.7 Å². The van der Waals surface area contributed by atoms with E-state index in [-0.39, 0.29) is 31.4 Å². The topological polar surface area (TPSA) is 78.9 Å². The zero-order valence-corrected chi connectivity index (χ0v) is 17.2. The molecule has 7 heteroatoms. The summed E-state index contributed by atoms with van der Waals surface area (Å²) < 4.78 is 6.32. The maximum atomic E-state index is 12.7. The number of hydrogen-bond donors (Lipinski definition) is 2. The van der Waals surface area contributed by atoms with Crippen LogP contribution in [-0.4, -0.2) is 47.3 Å². The van der Waals surface area contributed by atoms with Gasteiger partial charge in [-0.3, -0.25) is 9.69 Å². The van der Waals surface area contributed by atoms with E-state index in [2.05, 4.69) is 27.9 Å². The second kappa shape index (κ2) is 8.35. The number of hydrogen-bond acceptors (Lipinski definition) is 4. The van der Waals surface area contributed by atoms with Crippen LogP contribution in [0.15, 0.2) is 12.1 Å². The van der Waals surface area contributed by atoms with Crippen LogP contribution >= 0.6 is 22.6 Å². The quantitative estimate of drug-likeness (QED) is 0.678. The molecule has 1 fully saturated rings. The Kier molecular flexibility index (Phi) is 6.67. The first-order valence-electron chi connectivity index (χ1n) is 8.38. The number of β-amino-alcohol motifs (C(OH)–C–C–N with tert-alkyl or cyclic N) is 1. The number of amides is 2. The summed E-state index contributed by atoms with van der Waals surface area (Å²) in [5.74, 6) is -0.0914. The fourth-order valence-electron chi connectivity index (χ4n) is 2.90.